The van der Waals surface area contributed by atoms with Gasteiger partial charge in [0, 0.05) is 38.8 Å². The SMILES string of the molecule is Cc1ccc(CN(C(=O)NCc2ccccc2)C2CCN(Cc3ccccc3)C2)cc1. The summed E-state index contributed by atoms with van der Waals surface area (Å²) in [7, 11) is 0. The fraction of sp³-hybridized carbons (Fsp3) is 0.296. The van der Waals surface area contributed by atoms with Gasteiger partial charge in [-0.25, -0.2) is 4.79 Å². The summed E-state index contributed by atoms with van der Waals surface area (Å²) in [5.41, 5.74) is 4.84. The summed E-state index contributed by atoms with van der Waals surface area (Å²) in [6.45, 7) is 6.11. The second kappa shape index (κ2) is 10.3. The molecule has 1 saturated heterocycles. The molecule has 160 valence electrons. The molecule has 4 rings (SSSR count). The summed E-state index contributed by atoms with van der Waals surface area (Å²) in [4.78, 5) is 17.7. The highest BCUT2D eigenvalue weighted by Crippen LogP contribution is 2.21. The molecule has 0 saturated carbocycles. The van der Waals surface area contributed by atoms with Crippen molar-refractivity contribution in [3.63, 3.8) is 0 Å². The molecule has 0 bridgehead atoms. The number of aryl methyl sites for hydroxylation is 1. The molecule has 31 heavy (non-hydrogen) atoms. The first-order valence-corrected chi connectivity index (χ1v) is 11.1. The van der Waals surface area contributed by atoms with E-state index in [0.717, 1.165) is 31.6 Å². The Balaban J connectivity index is 1.43. The van der Waals surface area contributed by atoms with Gasteiger partial charge in [-0.05, 0) is 30.0 Å². The third-order valence-electron chi connectivity index (χ3n) is 5.96. The number of hydrogen-bond donors (Lipinski definition) is 1. The van der Waals surface area contributed by atoms with Gasteiger partial charge < -0.3 is 10.2 Å². The zero-order chi connectivity index (χ0) is 21.5. The van der Waals surface area contributed by atoms with E-state index in [1.807, 2.05) is 35.2 Å². The van der Waals surface area contributed by atoms with Crippen LogP contribution in [0.5, 0.6) is 0 Å². The van der Waals surface area contributed by atoms with E-state index in [1.54, 1.807) is 0 Å². The molecule has 3 aromatic rings. The molecule has 1 aliphatic heterocycles. The molecule has 0 aliphatic carbocycles. The van der Waals surface area contributed by atoms with Gasteiger partial charge in [0.1, 0.15) is 0 Å². The quantitative estimate of drug-likeness (QED) is 0.593. The zero-order valence-electron chi connectivity index (χ0n) is 18.2. The summed E-state index contributed by atoms with van der Waals surface area (Å²) >= 11 is 0. The Morgan fingerprint density at radius 3 is 2.23 bits per heavy atom. The lowest BCUT2D eigenvalue weighted by molar-refractivity contribution is 0.168. The molecule has 0 aromatic heterocycles. The maximum absolute atomic E-state index is 13.2. The average molecular weight is 414 g/mol. The third kappa shape index (κ3) is 5.96. The Labute approximate surface area is 185 Å². The highest BCUT2D eigenvalue weighted by Gasteiger charge is 2.30. The van der Waals surface area contributed by atoms with Crippen molar-refractivity contribution in [1.29, 1.82) is 0 Å². The predicted molar refractivity (Wildman–Crippen MR) is 126 cm³/mol. The van der Waals surface area contributed by atoms with Crippen molar-refractivity contribution in [2.45, 2.75) is 39.0 Å². The number of hydrogen-bond acceptors (Lipinski definition) is 2. The van der Waals surface area contributed by atoms with E-state index in [-0.39, 0.29) is 12.1 Å². The Bertz CT molecular complexity index is 957. The first-order valence-electron chi connectivity index (χ1n) is 11.1. The number of likely N-dealkylation sites (tertiary alicyclic amines) is 1. The fourth-order valence-corrected chi connectivity index (χ4v) is 4.18. The molecule has 2 amide bonds. The molecule has 1 fully saturated rings. The van der Waals surface area contributed by atoms with Crippen LogP contribution in [-0.4, -0.2) is 35.0 Å². The summed E-state index contributed by atoms with van der Waals surface area (Å²) in [5, 5.41) is 3.14. The lowest BCUT2D eigenvalue weighted by atomic mass is 10.1. The van der Waals surface area contributed by atoms with Crippen molar-refractivity contribution >= 4 is 6.03 Å². The van der Waals surface area contributed by atoms with E-state index in [9.17, 15) is 4.79 Å². The van der Waals surface area contributed by atoms with Crippen molar-refractivity contribution in [1.82, 2.24) is 15.1 Å². The number of nitrogens with one attached hydrogen (secondary N) is 1. The average Bonchev–Trinajstić information content (AvgIpc) is 3.26. The van der Waals surface area contributed by atoms with Crippen molar-refractivity contribution < 1.29 is 4.79 Å². The second-order valence-electron chi connectivity index (χ2n) is 8.42. The lowest BCUT2D eigenvalue weighted by Crippen LogP contribution is -2.46. The van der Waals surface area contributed by atoms with Crippen LogP contribution in [0.2, 0.25) is 0 Å². The van der Waals surface area contributed by atoms with E-state index in [0.29, 0.717) is 13.1 Å². The van der Waals surface area contributed by atoms with Crippen LogP contribution >= 0.6 is 0 Å². The summed E-state index contributed by atoms with van der Waals surface area (Å²) in [6, 6.07) is 29.4. The van der Waals surface area contributed by atoms with Crippen LogP contribution in [0.1, 0.15) is 28.7 Å². The smallest absolute Gasteiger partial charge is 0.318 e. The Kier molecular flexibility index (Phi) is 7.00. The van der Waals surface area contributed by atoms with Crippen molar-refractivity contribution in [3.05, 3.63) is 107 Å². The number of carbonyl (C=O) groups excluding carboxylic acids is 1. The van der Waals surface area contributed by atoms with Gasteiger partial charge in [0.2, 0.25) is 0 Å². The number of carbonyl (C=O) groups is 1. The van der Waals surface area contributed by atoms with Crippen LogP contribution in [0.4, 0.5) is 4.79 Å². The van der Waals surface area contributed by atoms with Crippen LogP contribution < -0.4 is 5.32 Å². The van der Waals surface area contributed by atoms with E-state index in [2.05, 4.69) is 71.7 Å². The predicted octanol–water partition coefficient (Wildman–Crippen LogP) is 4.98. The van der Waals surface area contributed by atoms with Crippen molar-refractivity contribution in [3.8, 4) is 0 Å². The monoisotopic (exact) mass is 413 g/mol. The van der Waals surface area contributed by atoms with Gasteiger partial charge in [-0.15, -0.1) is 0 Å². The molecule has 3 aromatic carbocycles. The Morgan fingerprint density at radius 1 is 0.903 bits per heavy atom. The minimum Gasteiger partial charge on any atom is -0.334 e. The minimum absolute atomic E-state index is 0.0102. The Morgan fingerprint density at radius 2 is 1.55 bits per heavy atom. The van der Waals surface area contributed by atoms with Crippen molar-refractivity contribution in [2.75, 3.05) is 13.1 Å². The topological polar surface area (TPSA) is 35.6 Å². The summed E-state index contributed by atoms with van der Waals surface area (Å²) in [6.07, 6.45) is 0.997. The molecule has 1 aliphatic rings. The van der Waals surface area contributed by atoms with Gasteiger partial charge >= 0.3 is 6.03 Å². The first-order chi connectivity index (χ1) is 15.2. The van der Waals surface area contributed by atoms with Crippen LogP contribution in [0.25, 0.3) is 0 Å². The van der Waals surface area contributed by atoms with Gasteiger partial charge in [0.05, 0.1) is 0 Å². The number of urea groups is 1. The van der Waals surface area contributed by atoms with Crippen molar-refractivity contribution in [2.24, 2.45) is 0 Å². The molecule has 1 atom stereocenters. The van der Waals surface area contributed by atoms with Gasteiger partial charge in [0.25, 0.3) is 0 Å². The largest absolute Gasteiger partial charge is 0.334 e. The molecule has 4 heteroatoms. The molecule has 0 radical (unpaired) electrons. The molecule has 0 spiro atoms. The van der Waals surface area contributed by atoms with E-state index in [4.69, 9.17) is 0 Å². The first kappa shape index (κ1) is 21.1. The second-order valence-corrected chi connectivity index (χ2v) is 8.42. The number of benzene rings is 3. The number of amides is 2. The van der Waals surface area contributed by atoms with Crippen LogP contribution in [0.3, 0.4) is 0 Å². The Hall–Kier alpha value is -3.11. The highest BCUT2D eigenvalue weighted by atomic mass is 16.2. The molecular weight excluding hydrogens is 382 g/mol. The van der Waals surface area contributed by atoms with E-state index < -0.39 is 0 Å². The summed E-state index contributed by atoms with van der Waals surface area (Å²) in [5.74, 6) is 0. The minimum atomic E-state index is 0.0102. The van der Waals surface area contributed by atoms with Crippen LogP contribution in [-0.2, 0) is 19.6 Å². The zero-order valence-corrected chi connectivity index (χ0v) is 18.2. The fourth-order valence-electron chi connectivity index (χ4n) is 4.18. The molecule has 1 unspecified atom stereocenters. The number of rotatable bonds is 7. The molecular formula is C27H31N3O. The van der Waals surface area contributed by atoms with E-state index in [1.165, 1.54) is 16.7 Å². The van der Waals surface area contributed by atoms with Gasteiger partial charge in [-0.2, -0.15) is 0 Å². The highest BCUT2D eigenvalue weighted by molar-refractivity contribution is 5.74. The van der Waals surface area contributed by atoms with Crippen LogP contribution in [0, 0.1) is 6.92 Å². The third-order valence-corrected chi connectivity index (χ3v) is 5.96. The molecule has 4 nitrogen and oxygen atoms in total. The lowest BCUT2D eigenvalue weighted by Gasteiger charge is -2.30. The molecule has 1 N–H and O–H groups in total. The van der Waals surface area contributed by atoms with Crippen LogP contribution in [0.15, 0.2) is 84.9 Å². The van der Waals surface area contributed by atoms with E-state index >= 15 is 0 Å². The number of nitrogens with zero attached hydrogens (tertiary/aromatic N) is 2. The van der Waals surface area contributed by atoms with Gasteiger partial charge in [0.15, 0.2) is 0 Å². The standard InChI is InChI=1S/C27H31N3O/c1-22-12-14-25(15-13-22)20-30(27(31)28-18-23-8-4-2-5-9-23)26-16-17-29(21-26)19-24-10-6-3-7-11-24/h2-15,26H,16-21H2,1H3,(H,28,31). The maximum atomic E-state index is 13.2. The van der Waals surface area contributed by atoms with Gasteiger partial charge in [-0.1, -0.05) is 90.5 Å². The summed E-state index contributed by atoms with van der Waals surface area (Å²) < 4.78 is 0. The normalized spacial score (nSPS) is 16.2. The maximum Gasteiger partial charge on any atom is 0.318 e. The molecule has 1 heterocycles. The van der Waals surface area contributed by atoms with Gasteiger partial charge in [-0.3, -0.25) is 4.90 Å².